The van der Waals surface area contributed by atoms with E-state index in [-0.39, 0.29) is 17.3 Å². The van der Waals surface area contributed by atoms with Crippen molar-refractivity contribution in [2.45, 2.75) is 19.8 Å². The number of cyclic esters (lactones) is 1. The number of aliphatic imine (C=N–C) groups is 1. The fourth-order valence-corrected chi connectivity index (χ4v) is 3.27. The summed E-state index contributed by atoms with van der Waals surface area (Å²) in [6.45, 7) is 2.65. The van der Waals surface area contributed by atoms with E-state index in [0.717, 1.165) is 12.8 Å². The number of unbranched alkanes of at least 4 members (excludes halogenated alkanes) is 1. The van der Waals surface area contributed by atoms with Gasteiger partial charge in [-0.1, -0.05) is 13.3 Å². The number of benzene rings is 2. The molecule has 1 aliphatic rings. The highest BCUT2D eigenvalue weighted by molar-refractivity contribution is 9.10. The third-order valence-corrected chi connectivity index (χ3v) is 4.83. The molecule has 1 heterocycles. The largest absolute Gasteiger partial charge is 0.493 e. The Bertz CT molecular complexity index is 1030. The van der Waals surface area contributed by atoms with Crippen molar-refractivity contribution >= 4 is 39.6 Å². The monoisotopic (exact) mass is 474 g/mol. The lowest BCUT2D eigenvalue weighted by Crippen LogP contribution is -2.05. The average molecular weight is 475 g/mol. The zero-order valence-electron chi connectivity index (χ0n) is 16.4. The number of ether oxygens (including phenoxy) is 3. The Morgan fingerprint density at radius 2 is 2.00 bits per heavy atom. The van der Waals surface area contributed by atoms with Gasteiger partial charge >= 0.3 is 5.97 Å². The molecule has 0 atom stereocenters. The first-order valence-electron chi connectivity index (χ1n) is 9.20. The molecule has 2 aromatic carbocycles. The van der Waals surface area contributed by atoms with Crippen LogP contribution in [0.25, 0.3) is 6.08 Å². The quantitative estimate of drug-likeness (QED) is 0.177. The highest BCUT2D eigenvalue weighted by atomic mass is 79.9. The number of non-ortho nitro benzene ring substituents is 1. The summed E-state index contributed by atoms with van der Waals surface area (Å²) in [5, 5.41) is 10.8. The molecule has 0 unspecified atom stereocenters. The predicted octanol–water partition coefficient (Wildman–Crippen LogP) is 4.89. The van der Waals surface area contributed by atoms with Gasteiger partial charge in [-0.15, -0.1) is 0 Å². The van der Waals surface area contributed by atoms with Crippen LogP contribution >= 0.6 is 15.9 Å². The molecule has 8 nitrogen and oxygen atoms in total. The number of hydrogen-bond acceptors (Lipinski definition) is 7. The molecule has 0 radical (unpaired) electrons. The van der Waals surface area contributed by atoms with Gasteiger partial charge in [0.25, 0.3) is 5.69 Å². The molecule has 9 heteroatoms. The third kappa shape index (κ3) is 4.85. The van der Waals surface area contributed by atoms with E-state index < -0.39 is 10.9 Å². The Balaban J connectivity index is 1.87. The van der Waals surface area contributed by atoms with Crippen molar-refractivity contribution < 1.29 is 23.9 Å². The number of nitrogens with zero attached hydrogens (tertiary/aromatic N) is 2. The molecule has 0 fully saturated rings. The third-order valence-electron chi connectivity index (χ3n) is 4.25. The Morgan fingerprint density at radius 3 is 2.63 bits per heavy atom. The first kappa shape index (κ1) is 21.5. The van der Waals surface area contributed by atoms with Crippen molar-refractivity contribution in [2.24, 2.45) is 4.99 Å². The SMILES string of the molecule is CCCCOc1c(Br)cc(/C=C2\N=C(c3ccc([N+](=O)[O-])cc3)OC2=O)cc1OC. The zero-order chi connectivity index (χ0) is 21.7. The van der Waals surface area contributed by atoms with Crippen molar-refractivity contribution in [3.63, 3.8) is 0 Å². The summed E-state index contributed by atoms with van der Waals surface area (Å²) < 4.78 is 17.1. The fourth-order valence-electron chi connectivity index (χ4n) is 2.70. The molecule has 30 heavy (non-hydrogen) atoms. The van der Waals surface area contributed by atoms with Gasteiger partial charge in [0.1, 0.15) is 0 Å². The molecule has 0 bridgehead atoms. The van der Waals surface area contributed by atoms with Crippen LogP contribution in [0.5, 0.6) is 11.5 Å². The Labute approximate surface area is 181 Å². The lowest BCUT2D eigenvalue weighted by Gasteiger charge is -2.13. The summed E-state index contributed by atoms with van der Waals surface area (Å²) in [5.74, 6) is 0.601. The summed E-state index contributed by atoms with van der Waals surface area (Å²) in [6, 6.07) is 9.15. The Morgan fingerprint density at radius 1 is 1.27 bits per heavy atom. The summed E-state index contributed by atoms with van der Waals surface area (Å²) in [4.78, 5) is 26.7. The van der Waals surface area contributed by atoms with E-state index in [4.69, 9.17) is 14.2 Å². The van der Waals surface area contributed by atoms with Crippen LogP contribution < -0.4 is 9.47 Å². The van der Waals surface area contributed by atoms with Gasteiger partial charge in [0.2, 0.25) is 5.90 Å². The first-order chi connectivity index (χ1) is 14.4. The minimum absolute atomic E-state index is 0.0578. The van der Waals surface area contributed by atoms with E-state index in [0.29, 0.717) is 33.7 Å². The van der Waals surface area contributed by atoms with Crippen LogP contribution in [0.15, 0.2) is 51.6 Å². The van der Waals surface area contributed by atoms with Gasteiger partial charge in [-0.2, -0.15) is 0 Å². The van der Waals surface area contributed by atoms with Crippen LogP contribution in [0.2, 0.25) is 0 Å². The molecule has 0 N–H and O–H groups in total. The Kier molecular flexibility index (Phi) is 6.83. The van der Waals surface area contributed by atoms with Crippen LogP contribution in [-0.2, 0) is 9.53 Å². The van der Waals surface area contributed by atoms with Crippen molar-refractivity contribution in [2.75, 3.05) is 13.7 Å². The molecule has 156 valence electrons. The van der Waals surface area contributed by atoms with Crippen LogP contribution in [-0.4, -0.2) is 30.5 Å². The molecule has 0 saturated heterocycles. The minimum Gasteiger partial charge on any atom is -0.493 e. The second-order valence-electron chi connectivity index (χ2n) is 6.38. The van der Waals surface area contributed by atoms with E-state index in [2.05, 4.69) is 27.8 Å². The second-order valence-corrected chi connectivity index (χ2v) is 7.23. The second kappa shape index (κ2) is 9.53. The lowest BCUT2D eigenvalue weighted by molar-refractivity contribution is -0.384. The molecule has 0 saturated carbocycles. The van der Waals surface area contributed by atoms with Gasteiger partial charge in [-0.05, 0) is 58.3 Å². The van der Waals surface area contributed by atoms with Crippen molar-refractivity contribution in [1.29, 1.82) is 0 Å². The minimum atomic E-state index is -0.610. The van der Waals surface area contributed by atoms with Crippen molar-refractivity contribution in [3.8, 4) is 11.5 Å². The summed E-state index contributed by atoms with van der Waals surface area (Å²) >= 11 is 3.48. The molecule has 1 aliphatic heterocycles. The van der Waals surface area contributed by atoms with Gasteiger partial charge in [0.05, 0.1) is 23.1 Å². The van der Waals surface area contributed by atoms with Crippen LogP contribution in [0.4, 0.5) is 5.69 Å². The average Bonchev–Trinajstić information content (AvgIpc) is 3.09. The normalized spacial score (nSPS) is 14.4. The van der Waals surface area contributed by atoms with E-state index in [9.17, 15) is 14.9 Å². The highest BCUT2D eigenvalue weighted by Gasteiger charge is 2.25. The van der Waals surface area contributed by atoms with Gasteiger partial charge in [0, 0.05) is 17.7 Å². The van der Waals surface area contributed by atoms with E-state index in [1.807, 2.05) is 0 Å². The number of esters is 1. The van der Waals surface area contributed by atoms with Crippen LogP contribution in [0.3, 0.4) is 0 Å². The first-order valence-corrected chi connectivity index (χ1v) is 10.00. The maximum Gasteiger partial charge on any atom is 0.363 e. The molecule has 2 aromatic rings. The fraction of sp³-hybridized carbons (Fsp3) is 0.238. The van der Waals surface area contributed by atoms with Gasteiger partial charge in [0.15, 0.2) is 17.2 Å². The number of nitro benzene ring substituents is 1. The summed E-state index contributed by atoms with van der Waals surface area (Å²) in [7, 11) is 1.54. The van der Waals surface area contributed by atoms with Gasteiger partial charge < -0.3 is 14.2 Å². The molecular formula is C21H19BrN2O6. The van der Waals surface area contributed by atoms with Crippen molar-refractivity contribution in [3.05, 3.63) is 67.8 Å². The van der Waals surface area contributed by atoms with Crippen LogP contribution in [0.1, 0.15) is 30.9 Å². The molecule has 3 rings (SSSR count). The zero-order valence-corrected chi connectivity index (χ0v) is 18.0. The standard InChI is InChI=1S/C21H19BrN2O6/c1-3-4-9-29-19-16(22)10-13(12-18(19)28-2)11-17-21(25)30-20(23-17)14-5-7-15(8-6-14)24(26)27/h5-8,10-12H,3-4,9H2,1-2H3/b17-11-. The lowest BCUT2D eigenvalue weighted by atomic mass is 10.1. The van der Waals surface area contributed by atoms with Gasteiger partial charge in [-0.25, -0.2) is 9.79 Å². The summed E-state index contributed by atoms with van der Waals surface area (Å²) in [6.07, 6.45) is 3.51. The van der Waals surface area contributed by atoms with Crippen molar-refractivity contribution in [1.82, 2.24) is 0 Å². The molecule has 0 aliphatic carbocycles. The molecular weight excluding hydrogens is 456 g/mol. The smallest absolute Gasteiger partial charge is 0.363 e. The van der Waals surface area contributed by atoms with E-state index in [1.165, 1.54) is 24.3 Å². The summed E-state index contributed by atoms with van der Waals surface area (Å²) in [5.41, 5.74) is 1.19. The van der Waals surface area contributed by atoms with E-state index >= 15 is 0 Å². The van der Waals surface area contributed by atoms with E-state index in [1.54, 1.807) is 25.3 Å². The topological polar surface area (TPSA) is 100 Å². The Hall–Kier alpha value is -3.20. The van der Waals surface area contributed by atoms with Crippen LogP contribution in [0, 0.1) is 10.1 Å². The number of rotatable bonds is 8. The predicted molar refractivity (Wildman–Crippen MR) is 115 cm³/mol. The molecule has 0 spiro atoms. The number of carbonyl (C=O) groups excluding carboxylic acids is 1. The number of methoxy groups -OCH3 is 1. The number of hydrogen-bond donors (Lipinski definition) is 0. The molecule has 0 amide bonds. The van der Waals surface area contributed by atoms with Gasteiger partial charge in [-0.3, -0.25) is 10.1 Å². The number of halogens is 1. The maximum atomic E-state index is 12.2. The molecule has 0 aromatic heterocycles. The maximum absolute atomic E-state index is 12.2. The highest BCUT2D eigenvalue weighted by Crippen LogP contribution is 2.37. The number of carbonyl (C=O) groups is 1. The number of nitro groups is 1.